The predicted molar refractivity (Wildman–Crippen MR) is 76.7 cm³/mol. The average molecular weight is 311 g/mol. The van der Waals surface area contributed by atoms with Crippen molar-refractivity contribution in [2.45, 2.75) is 32.4 Å². The van der Waals surface area contributed by atoms with Crippen LogP contribution in [0.4, 0.5) is 19.0 Å². The van der Waals surface area contributed by atoms with Gasteiger partial charge in [0.15, 0.2) is 5.82 Å². The number of aromatic amines is 1. The number of nitrogens with zero attached hydrogens (tertiary/aromatic N) is 1. The van der Waals surface area contributed by atoms with E-state index in [1.807, 2.05) is 20.8 Å². The maximum absolute atomic E-state index is 12.9. The van der Waals surface area contributed by atoms with E-state index in [9.17, 15) is 18.0 Å². The SMILES string of the molecule is CC(C)(C)c1cc(NC(=O)c2ccccc2C(F)(F)F)n[nH]1. The Kier molecular flexibility index (Phi) is 4.00. The van der Waals surface area contributed by atoms with Crippen LogP contribution in [0, 0.1) is 0 Å². The number of H-pyrrole nitrogens is 1. The molecule has 0 spiro atoms. The molecule has 0 unspecified atom stereocenters. The molecular formula is C15H16F3N3O. The van der Waals surface area contributed by atoms with Crippen LogP contribution in [0.15, 0.2) is 30.3 Å². The lowest BCUT2D eigenvalue weighted by molar-refractivity contribution is -0.137. The Balaban J connectivity index is 2.26. The summed E-state index contributed by atoms with van der Waals surface area (Å²) in [5.41, 5.74) is -0.846. The molecule has 0 atom stereocenters. The first-order valence-electron chi connectivity index (χ1n) is 6.62. The van der Waals surface area contributed by atoms with Crippen LogP contribution in [0.25, 0.3) is 0 Å². The molecule has 0 radical (unpaired) electrons. The number of carbonyl (C=O) groups excluding carboxylic acids is 1. The molecular weight excluding hydrogens is 295 g/mol. The van der Waals surface area contributed by atoms with E-state index in [1.54, 1.807) is 6.07 Å². The second kappa shape index (κ2) is 5.47. The lowest BCUT2D eigenvalue weighted by atomic mass is 9.92. The molecule has 1 aromatic carbocycles. The number of anilines is 1. The Morgan fingerprint density at radius 2 is 1.82 bits per heavy atom. The number of alkyl halides is 3. The maximum Gasteiger partial charge on any atom is 0.417 e. The highest BCUT2D eigenvalue weighted by Crippen LogP contribution is 2.32. The third-order valence-corrected chi connectivity index (χ3v) is 3.10. The van der Waals surface area contributed by atoms with Crippen LogP contribution >= 0.6 is 0 Å². The first-order chi connectivity index (χ1) is 10.1. The number of hydrogen-bond acceptors (Lipinski definition) is 2. The number of rotatable bonds is 2. The Hall–Kier alpha value is -2.31. The Morgan fingerprint density at radius 3 is 2.36 bits per heavy atom. The second-order valence-corrected chi connectivity index (χ2v) is 5.91. The summed E-state index contributed by atoms with van der Waals surface area (Å²) in [5.74, 6) is -0.660. The van der Waals surface area contributed by atoms with Crippen molar-refractivity contribution in [3.8, 4) is 0 Å². The van der Waals surface area contributed by atoms with E-state index in [4.69, 9.17) is 0 Å². The summed E-state index contributed by atoms with van der Waals surface area (Å²) in [6.45, 7) is 5.85. The van der Waals surface area contributed by atoms with Gasteiger partial charge in [0, 0.05) is 17.2 Å². The van der Waals surface area contributed by atoms with Gasteiger partial charge < -0.3 is 5.32 Å². The number of halogens is 3. The molecule has 2 rings (SSSR count). The van der Waals surface area contributed by atoms with E-state index in [1.165, 1.54) is 12.1 Å². The molecule has 0 aliphatic carbocycles. The molecule has 1 heterocycles. The molecule has 7 heteroatoms. The normalized spacial score (nSPS) is 12.3. The van der Waals surface area contributed by atoms with Crippen LogP contribution in [0.3, 0.4) is 0 Å². The molecule has 1 amide bonds. The number of amides is 1. The van der Waals surface area contributed by atoms with Crippen LogP contribution in [-0.2, 0) is 11.6 Å². The molecule has 0 aliphatic heterocycles. The van der Waals surface area contributed by atoms with Gasteiger partial charge in [0.25, 0.3) is 5.91 Å². The fourth-order valence-corrected chi connectivity index (χ4v) is 1.88. The number of nitrogens with one attached hydrogen (secondary N) is 2. The van der Waals surface area contributed by atoms with E-state index in [0.29, 0.717) is 0 Å². The molecule has 0 fully saturated rings. The first kappa shape index (κ1) is 16.1. The highest BCUT2D eigenvalue weighted by Gasteiger charge is 2.35. The van der Waals surface area contributed by atoms with Gasteiger partial charge in [0.2, 0.25) is 0 Å². The summed E-state index contributed by atoms with van der Waals surface area (Å²) in [7, 11) is 0. The van der Waals surface area contributed by atoms with Gasteiger partial charge in [0.05, 0.1) is 11.1 Å². The second-order valence-electron chi connectivity index (χ2n) is 5.91. The molecule has 1 aromatic heterocycles. The zero-order valence-corrected chi connectivity index (χ0v) is 12.4. The first-order valence-corrected chi connectivity index (χ1v) is 6.62. The summed E-state index contributed by atoms with van der Waals surface area (Å²) in [6, 6.07) is 6.24. The molecule has 0 saturated heterocycles. The van der Waals surface area contributed by atoms with Gasteiger partial charge in [-0.25, -0.2) is 0 Å². The minimum Gasteiger partial charge on any atom is -0.305 e. The largest absolute Gasteiger partial charge is 0.417 e. The van der Waals surface area contributed by atoms with Crippen molar-refractivity contribution in [3.63, 3.8) is 0 Å². The van der Waals surface area contributed by atoms with E-state index in [-0.39, 0.29) is 11.2 Å². The van der Waals surface area contributed by atoms with E-state index in [2.05, 4.69) is 15.5 Å². The molecule has 0 aliphatic rings. The molecule has 2 aromatic rings. The van der Waals surface area contributed by atoms with Gasteiger partial charge in [-0.15, -0.1) is 0 Å². The lowest BCUT2D eigenvalue weighted by Gasteiger charge is -2.14. The maximum atomic E-state index is 12.9. The molecule has 0 bridgehead atoms. The van der Waals surface area contributed by atoms with Gasteiger partial charge in [0.1, 0.15) is 0 Å². The van der Waals surface area contributed by atoms with Crippen molar-refractivity contribution >= 4 is 11.7 Å². The smallest absolute Gasteiger partial charge is 0.305 e. The summed E-state index contributed by atoms with van der Waals surface area (Å²) in [4.78, 5) is 12.1. The van der Waals surface area contributed by atoms with Gasteiger partial charge in [-0.3, -0.25) is 9.89 Å². The van der Waals surface area contributed by atoms with Crippen molar-refractivity contribution in [3.05, 3.63) is 47.2 Å². The Bertz CT molecular complexity index is 684. The van der Waals surface area contributed by atoms with E-state index < -0.39 is 23.2 Å². The zero-order chi connectivity index (χ0) is 16.5. The van der Waals surface area contributed by atoms with Crippen molar-refractivity contribution in [1.29, 1.82) is 0 Å². The zero-order valence-electron chi connectivity index (χ0n) is 12.4. The topological polar surface area (TPSA) is 57.8 Å². The van der Waals surface area contributed by atoms with Gasteiger partial charge in [-0.05, 0) is 12.1 Å². The number of aromatic nitrogens is 2. The Labute approximate surface area is 125 Å². The summed E-state index contributed by atoms with van der Waals surface area (Å²) in [6.07, 6.45) is -4.59. The highest BCUT2D eigenvalue weighted by atomic mass is 19.4. The van der Waals surface area contributed by atoms with Crippen LogP contribution in [0.2, 0.25) is 0 Å². The number of carbonyl (C=O) groups is 1. The molecule has 0 saturated carbocycles. The predicted octanol–water partition coefficient (Wildman–Crippen LogP) is 3.98. The lowest BCUT2D eigenvalue weighted by Crippen LogP contribution is -2.18. The Morgan fingerprint density at radius 1 is 1.18 bits per heavy atom. The average Bonchev–Trinajstić information content (AvgIpc) is 2.86. The fraction of sp³-hybridized carbons (Fsp3) is 0.333. The van der Waals surface area contributed by atoms with Crippen LogP contribution in [0.5, 0.6) is 0 Å². The van der Waals surface area contributed by atoms with Crippen LogP contribution in [0.1, 0.15) is 42.4 Å². The molecule has 118 valence electrons. The van der Waals surface area contributed by atoms with Gasteiger partial charge >= 0.3 is 6.18 Å². The van der Waals surface area contributed by atoms with E-state index >= 15 is 0 Å². The highest BCUT2D eigenvalue weighted by molar-refractivity contribution is 6.05. The summed E-state index contributed by atoms with van der Waals surface area (Å²) >= 11 is 0. The quantitative estimate of drug-likeness (QED) is 0.881. The minimum atomic E-state index is -4.59. The summed E-state index contributed by atoms with van der Waals surface area (Å²) in [5, 5.41) is 9.04. The van der Waals surface area contributed by atoms with Gasteiger partial charge in [-0.2, -0.15) is 18.3 Å². The fourth-order valence-electron chi connectivity index (χ4n) is 1.88. The van der Waals surface area contributed by atoms with E-state index in [0.717, 1.165) is 17.8 Å². The third kappa shape index (κ3) is 3.47. The van der Waals surface area contributed by atoms with Crippen molar-refractivity contribution < 1.29 is 18.0 Å². The minimum absolute atomic E-state index is 0.187. The van der Waals surface area contributed by atoms with Crippen LogP contribution in [-0.4, -0.2) is 16.1 Å². The van der Waals surface area contributed by atoms with Crippen molar-refractivity contribution in [2.24, 2.45) is 0 Å². The monoisotopic (exact) mass is 311 g/mol. The standard InChI is InChI=1S/C15H16F3N3O/c1-14(2,3)11-8-12(21-20-11)19-13(22)9-6-4-5-7-10(9)15(16,17)18/h4-8H,1-3H3,(H2,19,20,21,22). The van der Waals surface area contributed by atoms with Crippen molar-refractivity contribution in [1.82, 2.24) is 10.2 Å². The van der Waals surface area contributed by atoms with Crippen molar-refractivity contribution in [2.75, 3.05) is 5.32 Å². The molecule has 22 heavy (non-hydrogen) atoms. The van der Waals surface area contributed by atoms with Crippen LogP contribution < -0.4 is 5.32 Å². The van der Waals surface area contributed by atoms with Gasteiger partial charge in [-0.1, -0.05) is 32.9 Å². The summed E-state index contributed by atoms with van der Waals surface area (Å²) < 4.78 is 38.7. The molecule has 2 N–H and O–H groups in total. The number of benzene rings is 1. The third-order valence-electron chi connectivity index (χ3n) is 3.10. The number of hydrogen-bond donors (Lipinski definition) is 2. The molecule has 4 nitrogen and oxygen atoms in total.